The third-order valence-corrected chi connectivity index (χ3v) is 2.34. The SMILES string of the molecule is CCCCCCC([C]=O)CCOC(C)=O. The molecule has 0 spiro atoms. The van der Waals surface area contributed by atoms with E-state index in [0.29, 0.717) is 13.0 Å². The quantitative estimate of drug-likeness (QED) is 0.437. The molecular weight excluding hydrogens is 192 g/mol. The molecule has 0 aliphatic heterocycles. The molecule has 1 atom stereocenters. The van der Waals surface area contributed by atoms with Gasteiger partial charge in [0.15, 0.2) is 0 Å². The van der Waals surface area contributed by atoms with Gasteiger partial charge < -0.3 is 4.74 Å². The van der Waals surface area contributed by atoms with Gasteiger partial charge in [0.25, 0.3) is 0 Å². The topological polar surface area (TPSA) is 43.4 Å². The van der Waals surface area contributed by atoms with Crippen LogP contribution in [0.1, 0.15) is 52.4 Å². The van der Waals surface area contributed by atoms with Crippen LogP contribution in [0.5, 0.6) is 0 Å². The van der Waals surface area contributed by atoms with Gasteiger partial charge in [-0.25, -0.2) is 0 Å². The summed E-state index contributed by atoms with van der Waals surface area (Å²) in [5, 5.41) is 0. The zero-order chi connectivity index (χ0) is 11.5. The van der Waals surface area contributed by atoms with Gasteiger partial charge in [-0.3, -0.25) is 9.59 Å². The van der Waals surface area contributed by atoms with Crippen molar-refractivity contribution >= 4 is 12.3 Å². The molecule has 0 amide bonds. The van der Waals surface area contributed by atoms with E-state index >= 15 is 0 Å². The second-order valence-electron chi connectivity index (χ2n) is 3.79. The Hall–Kier alpha value is -0.860. The normalized spacial score (nSPS) is 12.1. The van der Waals surface area contributed by atoms with Crippen molar-refractivity contribution in [2.24, 2.45) is 5.92 Å². The Morgan fingerprint density at radius 3 is 2.53 bits per heavy atom. The number of esters is 1. The first-order valence-corrected chi connectivity index (χ1v) is 5.71. The molecule has 87 valence electrons. The van der Waals surface area contributed by atoms with Crippen LogP contribution in [0.25, 0.3) is 0 Å². The lowest BCUT2D eigenvalue weighted by atomic mass is 9.99. The maximum absolute atomic E-state index is 10.6. The van der Waals surface area contributed by atoms with E-state index in [0.717, 1.165) is 12.8 Å². The number of rotatable bonds is 9. The lowest BCUT2D eigenvalue weighted by Gasteiger charge is -2.08. The van der Waals surface area contributed by atoms with Gasteiger partial charge >= 0.3 is 5.97 Å². The highest BCUT2D eigenvalue weighted by atomic mass is 16.5. The molecule has 0 saturated carbocycles. The van der Waals surface area contributed by atoms with Gasteiger partial charge in [0.2, 0.25) is 6.29 Å². The van der Waals surface area contributed by atoms with E-state index in [2.05, 4.69) is 6.92 Å². The molecule has 0 heterocycles. The van der Waals surface area contributed by atoms with Crippen LogP contribution in [0.2, 0.25) is 0 Å². The van der Waals surface area contributed by atoms with Crippen molar-refractivity contribution in [1.82, 2.24) is 0 Å². The lowest BCUT2D eigenvalue weighted by Crippen LogP contribution is -2.09. The van der Waals surface area contributed by atoms with E-state index in [9.17, 15) is 9.59 Å². The molecule has 0 rings (SSSR count). The number of hydrogen-bond donors (Lipinski definition) is 0. The molecule has 0 aromatic heterocycles. The molecule has 0 aliphatic rings. The predicted octanol–water partition coefficient (Wildman–Crippen LogP) is 2.64. The Morgan fingerprint density at radius 1 is 1.27 bits per heavy atom. The highest BCUT2D eigenvalue weighted by Gasteiger charge is 2.08. The summed E-state index contributed by atoms with van der Waals surface area (Å²) in [5.74, 6) is -0.355. The predicted molar refractivity (Wildman–Crippen MR) is 59.2 cm³/mol. The molecule has 1 radical (unpaired) electrons. The van der Waals surface area contributed by atoms with Crippen LogP contribution in [0, 0.1) is 5.92 Å². The highest BCUT2D eigenvalue weighted by Crippen LogP contribution is 2.12. The van der Waals surface area contributed by atoms with Crippen LogP contribution in [0.15, 0.2) is 0 Å². The fourth-order valence-electron chi connectivity index (χ4n) is 1.42. The molecule has 0 aliphatic carbocycles. The Balaban J connectivity index is 3.46. The fourth-order valence-corrected chi connectivity index (χ4v) is 1.42. The largest absolute Gasteiger partial charge is 0.466 e. The van der Waals surface area contributed by atoms with Crippen molar-refractivity contribution in [1.29, 1.82) is 0 Å². The molecule has 0 aromatic carbocycles. The summed E-state index contributed by atoms with van der Waals surface area (Å²) >= 11 is 0. The summed E-state index contributed by atoms with van der Waals surface area (Å²) in [7, 11) is 0. The van der Waals surface area contributed by atoms with Gasteiger partial charge in [0.05, 0.1) is 6.61 Å². The van der Waals surface area contributed by atoms with E-state index in [1.54, 1.807) is 0 Å². The number of unbranched alkanes of at least 4 members (excludes halogenated alkanes) is 3. The minimum absolute atomic E-state index is 0.0683. The molecule has 3 heteroatoms. The molecule has 3 nitrogen and oxygen atoms in total. The van der Waals surface area contributed by atoms with E-state index < -0.39 is 0 Å². The van der Waals surface area contributed by atoms with Gasteiger partial charge in [-0.15, -0.1) is 0 Å². The third kappa shape index (κ3) is 9.44. The van der Waals surface area contributed by atoms with E-state index in [-0.39, 0.29) is 11.9 Å². The van der Waals surface area contributed by atoms with Crippen LogP contribution >= 0.6 is 0 Å². The van der Waals surface area contributed by atoms with Crippen LogP contribution in [0.4, 0.5) is 0 Å². The van der Waals surface area contributed by atoms with E-state index in [1.165, 1.54) is 26.2 Å². The fraction of sp³-hybridized carbons (Fsp3) is 0.833. The first-order chi connectivity index (χ1) is 7.20. The Kier molecular flexibility index (Phi) is 9.13. The van der Waals surface area contributed by atoms with Crippen LogP contribution in [-0.2, 0) is 14.3 Å². The Bertz CT molecular complexity index is 178. The number of ether oxygens (including phenoxy) is 1. The van der Waals surface area contributed by atoms with Crippen molar-refractivity contribution in [2.45, 2.75) is 52.4 Å². The minimum Gasteiger partial charge on any atom is -0.466 e. The zero-order valence-electron chi connectivity index (χ0n) is 9.75. The maximum atomic E-state index is 10.6. The number of hydrogen-bond acceptors (Lipinski definition) is 3. The average molecular weight is 213 g/mol. The standard InChI is InChI=1S/C12H21O3/c1-3-4-5-6-7-12(10-13)8-9-15-11(2)14/h12H,3-9H2,1-2H3. The second-order valence-corrected chi connectivity index (χ2v) is 3.79. The summed E-state index contributed by atoms with van der Waals surface area (Å²) in [6.07, 6.45) is 8.13. The van der Waals surface area contributed by atoms with Crippen LogP contribution < -0.4 is 0 Å². The van der Waals surface area contributed by atoms with Crippen molar-refractivity contribution in [2.75, 3.05) is 6.61 Å². The summed E-state index contributed by atoms with van der Waals surface area (Å²) in [4.78, 5) is 21.1. The second kappa shape index (κ2) is 9.69. The van der Waals surface area contributed by atoms with Gasteiger partial charge in [-0.2, -0.15) is 0 Å². The van der Waals surface area contributed by atoms with Crippen LogP contribution in [0.3, 0.4) is 0 Å². The zero-order valence-corrected chi connectivity index (χ0v) is 9.75. The van der Waals surface area contributed by atoms with Gasteiger partial charge in [0.1, 0.15) is 0 Å². The monoisotopic (exact) mass is 213 g/mol. The van der Waals surface area contributed by atoms with Gasteiger partial charge in [0, 0.05) is 12.8 Å². The maximum Gasteiger partial charge on any atom is 0.302 e. The molecule has 0 bridgehead atoms. The smallest absolute Gasteiger partial charge is 0.302 e. The molecular formula is C12H21O3. The lowest BCUT2D eigenvalue weighted by molar-refractivity contribution is -0.141. The third-order valence-electron chi connectivity index (χ3n) is 2.34. The van der Waals surface area contributed by atoms with Crippen molar-refractivity contribution in [3.8, 4) is 0 Å². The molecule has 15 heavy (non-hydrogen) atoms. The van der Waals surface area contributed by atoms with E-state index in [1.807, 2.05) is 6.29 Å². The summed E-state index contributed by atoms with van der Waals surface area (Å²) in [6, 6.07) is 0. The number of carbonyl (C=O) groups is 1. The van der Waals surface area contributed by atoms with Crippen molar-refractivity contribution in [3.63, 3.8) is 0 Å². The molecule has 0 N–H and O–H groups in total. The minimum atomic E-state index is -0.286. The van der Waals surface area contributed by atoms with Gasteiger partial charge in [-0.05, 0) is 12.8 Å². The van der Waals surface area contributed by atoms with E-state index in [4.69, 9.17) is 4.74 Å². The van der Waals surface area contributed by atoms with Crippen molar-refractivity contribution in [3.05, 3.63) is 0 Å². The van der Waals surface area contributed by atoms with Crippen LogP contribution in [-0.4, -0.2) is 18.9 Å². The summed E-state index contributed by atoms with van der Waals surface area (Å²) in [5.41, 5.74) is 0. The Labute approximate surface area is 92.2 Å². The average Bonchev–Trinajstić information content (AvgIpc) is 2.21. The Morgan fingerprint density at radius 2 is 2.00 bits per heavy atom. The summed E-state index contributed by atoms with van der Waals surface area (Å²) in [6.45, 7) is 3.87. The molecule has 1 unspecified atom stereocenters. The van der Waals surface area contributed by atoms with Crippen molar-refractivity contribution < 1.29 is 14.3 Å². The molecule has 0 aromatic rings. The molecule has 0 saturated heterocycles. The number of carbonyl (C=O) groups excluding carboxylic acids is 2. The molecule has 0 fully saturated rings. The first kappa shape index (κ1) is 14.1. The first-order valence-electron chi connectivity index (χ1n) is 5.71. The summed E-state index contributed by atoms with van der Waals surface area (Å²) < 4.78 is 4.78. The van der Waals surface area contributed by atoms with Gasteiger partial charge in [-0.1, -0.05) is 32.6 Å². The highest BCUT2D eigenvalue weighted by molar-refractivity contribution is 5.65.